The third-order valence-corrected chi connectivity index (χ3v) is 3.36. The average molecular weight is 315 g/mol. The molecule has 2 heterocycles. The number of nitrogens with zero attached hydrogens (tertiary/aromatic N) is 4. The summed E-state index contributed by atoms with van der Waals surface area (Å²) in [6, 6.07) is 1.85. The molecule has 78 valence electrons. The summed E-state index contributed by atoms with van der Waals surface area (Å²) in [6.07, 6.45) is 1.51. The van der Waals surface area contributed by atoms with Crippen molar-refractivity contribution in [3.8, 4) is 5.82 Å². The van der Waals surface area contributed by atoms with Gasteiger partial charge in [-0.25, -0.2) is 9.97 Å². The minimum atomic E-state index is 0.617. The lowest BCUT2D eigenvalue weighted by molar-refractivity contribution is 0.830. The van der Waals surface area contributed by atoms with Crippen LogP contribution in [-0.2, 0) is 0 Å². The summed E-state index contributed by atoms with van der Waals surface area (Å²) >= 11 is 2.17. The molecule has 0 bridgehead atoms. The Labute approximate surface area is 101 Å². The van der Waals surface area contributed by atoms with E-state index in [1.165, 1.54) is 6.33 Å². The van der Waals surface area contributed by atoms with E-state index in [0.29, 0.717) is 11.6 Å². The molecule has 2 aromatic heterocycles. The Hall–Kier alpha value is -1.18. The van der Waals surface area contributed by atoms with Gasteiger partial charge in [-0.3, -0.25) is 0 Å². The van der Waals surface area contributed by atoms with Crippen LogP contribution in [0, 0.1) is 17.4 Å². The van der Waals surface area contributed by atoms with Crippen molar-refractivity contribution in [2.75, 3.05) is 5.73 Å². The van der Waals surface area contributed by atoms with E-state index in [-0.39, 0.29) is 0 Å². The van der Waals surface area contributed by atoms with Crippen LogP contribution in [0.5, 0.6) is 0 Å². The second-order valence-electron chi connectivity index (χ2n) is 3.21. The van der Waals surface area contributed by atoms with Crippen molar-refractivity contribution >= 4 is 28.4 Å². The van der Waals surface area contributed by atoms with Crippen LogP contribution in [0.15, 0.2) is 12.4 Å². The Bertz CT molecular complexity index is 505. The average Bonchev–Trinajstić information content (AvgIpc) is 2.46. The van der Waals surface area contributed by atoms with Crippen LogP contribution in [0.1, 0.15) is 11.4 Å². The number of anilines is 1. The van der Waals surface area contributed by atoms with Gasteiger partial charge in [0.15, 0.2) is 5.82 Å². The molecule has 0 aliphatic carbocycles. The topological polar surface area (TPSA) is 69.6 Å². The van der Waals surface area contributed by atoms with Gasteiger partial charge in [0.2, 0.25) is 0 Å². The first-order valence-corrected chi connectivity index (χ1v) is 5.47. The summed E-state index contributed by atoms with van der Waals surface area (Å²) in [5, 5.41) is 4.31. The molecule has 0 unspecified atom stereocenters. The molecule has 0 saturated heterocycles. The van der Waals surface area contributed by atoms with E-state index in [0.717, 1.165) is 15.0 Å². The van der Waals surface area contributed by atoms with Crippen LogP contribution in [-0.4, -0.2) is 19.7 Å². The quantitative estimate of drug-likeness (QED) is 0.809. The smallest absolute Gasteiger partial charge is 0.159 e. The molecule has 2 aromatic rings. The standard InChI is InChI=1S/C9H10IN5/c1-5-3-7(13-4-12-5)15-9(11)8(10)6(2)14-15/h3-4H,11H2,1-2H3. The van der Waals surface area contributed by atoms with Gasteiger partial charge in [0.25, 0.3) is 0 Å². The Kier molecular flexibility index (Phi) is 2.59. The highest BCUT2D eigenvalue weighted by molar-refractivity contribution is 14.1. The first-order chi connectivity index (χ1) is 7.09. The van der Waals surface area contributed by atoms with Crippen molar-refractivity contribution in [1.29, 1.82) is 0 Å². The molecule has 15 heavy (non-hydrogen) atoms. The first kappa shape index (κ1) is 10.3. The largest absolute Gasteiger partial charge is 0.383 e. The van der Waals surface area contributed by atoms with E-state index in [9.17, 15) is 0 Å². The Balaban J connectivity index is 2.59. The van der Waals surface area contributed by atoms with Gasteiger partial charge in [0, 0.05) is 11.8 Å². The zero-order valence-electron chi connectivity index (χ0n) is 8.40. The highest BCUT2D eigenvalue weighted by atomic mass is 127. The molecule has 2 rings (SSSR count). The molecule has 0 aliphatic heterocycles. The number of hydrogen-bond acceptors (Lipinski definition) is 4. The zero-order chi connectivity index (χ0) is 11.0. The van der Waals surface area contributed by atoms with Gasteiger partial charge >= 0.3 is 0 Å². The minimum absolute atomic E-state index is 0.617. The van der Waals surface area contributed by atoms with E-state index < -0.39 is 0 Å². The normalized spacial score (nSPS) is 10.6. The molecule has 6 heteroatoms. The van der Waals surface area contributed by atoms with Crippen molar-refractivity contribution in [3.63, 3.8) is 0 Å². The molecule has 0 aliphatic rings. The number of halogens is 1. The van der Waals surface area contributed by atoms with Crippen molar-refractivity contribution in [3.05, 3.63) is 27.4 Å². The second kappa shape index (κ2) is 3.76. The van der Waals surface area contributed by atoms with Crippen LogP contribution < -0.4 is 5.73 Å². The van der Waals surface area contributed by atoms with Crippen LogP contribution in [0.4, 0.5) is 5.82 Å². The highest BCUT2D eigenvalue weighted by Crippen LogP contribution is 2.20. The molecule has 0 amide bonds. The van der Waals surface area contributed by atoms with Gasteiger partial charge in [0.1, 0.15) is 12.1 Å². The van der Waals surface area contributed by atoms with E-state index in [2.05, 4.69) is 37.7 Å². The summed E-state index contributed by atoms with van der Waals surface area (Å²) in [6.45, 7) is 3.82. The maximum Gasteiger partial charge on any atom is 0.159 e. The van der Waals surface area contributed by atoms with E-state index in [1.54, 1.807) is 4.68 Å². The molecule has 0 aromatic carbocycles. The van der Waals surface area contributed by atoms with Gasteiger partial charge in [-0.2, -0.15) is 9.78 Å². The zero-order valence-corrected chi connectivity index (χ0v) is 10.6. The maximum absolute atomic E-state index is 5.92. The summed E-state index contributed by atoms with van der Waals surface area (Å²) in [5.74, 6) is 1.32. The Morgan fingerprint density at radius 3 is 2.60 bits per heavy atom. The van der Waals surface area contributed by atoms with E-state index in [4.69, 9.17) is 5.73 Å². The molecule has 0 atom stereocenters. The minimum Gasteiger partial charge on any atom is -0.383 e. The summed E-state index contributed by atoms with van der Waals surface area (Å²) in [5.41, 5.74) is 7.72. The lowest BCUT2D eigenvalue weighted by Gasteiger charge is -2.02. The third kappa shape index (κ3) is 1.81. The van der Waals surface area contributed by atoms with Gasteiger partial charge < -0.3 is 5.73 Å². The van der Waals surface area contributed by atoms with Crippen LogP contribution in [0.3, 0.4) is 0 Å². The summed E-state index contributed by atoms with van der Waals surface area (Å²) in [4.78, 5) is 8.16. The van der Waals surface area contributed by atoms with Crippen LogP contribution in [0.2, 0.25) is 0 Å². The second-order valence-corrected chi connectivity index (χ2v) is 4.29. The number of nitrogens with two attached hydrogens (primary N) is 1. The number of aromatic nitrogens is 4. The molecule has 0 fully saturated rings. The lowest BCUT2D eigenvalue weighted by atomic mass is 10.4. The lowest BCUT2D eigenvalue weighted by Crippen LogP contribution is -2.05. The predicted octanol–water partition coefficient (Wildman–Crippen LogP) is 1.47. The molecule has 0 saturated carbocycles. The molecule has 5 nitrogen and oxygen atoms in total. The van der Waals surface area contributed by atoms with Crippen molar-refractivity contribution < 1.29 is 0 Å². The molecule has 0 radical (unpaired) electrons. The van der Waals surface area contributed by atoms with E-state index in [1.807, 2.05) is 19.9 Å². The van der Waals surface area contributed by atoms with Gasteiger partial charge in [0.05, 0.1) is 9.26 Å². The van der Waals surface area contributed by atoms with Gasteiger partial charge in [-0.15, -0.1) is 0 Å². The Morgan fingerprint density at radius 2 is 2.07 bits per heavy atom. The maximum atomic E-state index is 5.92. The van der Waals surface area contributed by atoms with Gasteiger partial charge in [-0.1, -0.05) is 0 Å². The third-order valence-electron chi connectivity index (χ3n) is 2.03. The van der Waals surface area contributed by atoms with Crippen LogP contribution in [0.25, 0.3) is 5.82 Å². The van der Waals surface area contributed by atoms with E-state index >= 15 is 0 Å². The number of rotatable bonds is 1. The van der Waals surface area contributed by atoms with Crippen molar-refractivity contribution in [1.82, 2.24) is 19.7 Å². The SMILES string of the molecule is Cc1cc(-n2nc(C)c(I)c2N)ncn1. The molecule has 2 N–H and O–H groups in total. The van der Waals surface area contributed by atoms with Crippen molar-refractivity contribution in [2.45, 2.75) is 13.8 Å². The fourth-order valence-electron chi connectivity index (χ4n) is 1.26. The number of hydrogen-bond donors (Lipinski definition) is 1. The Morgan fingerprint density at radius 1 is 1.33 bits per heavy atom. The summed E-state index contributed by atoms with van der Waals surface area (Å²) in [7, 11) is 0. The van der Waals surface area contributed by atoms with Crippen LogP contribution >= 0.6 is 22.6 Å². The van der Waals surface area contributed by atoms with Gasteiger partial charge in [-0.05, 0) is 36.4 Å². The van der Waals surface area contributed by atoms with Crippen molar-refractivity contribution in [2.24, 2.45) is 0 Å². The molecule has 0 spiro atoms. The molecular weight excluding hydrogens is 305 g/mol. The molecular formula is C9H10IN5. The summed E-state index contributed by atoms with van der Waals surface area (Å²) < 4.78 is 2.59. The fraction of sp³-hybridized carbons (Fsp3) is 0.222. The fourth-order valence-corrected chi connectivity index (χ4v) is 1.59. The predicted molar refractivity (Wildman–Crippen MR) is 65.8 cm³/mol. The monoisotopic (exact) mass is 315 g/mol. The highest BCUT2D eigenvalue weighted by Gasteiger charge is 2.11. The number of aryl methyl sites for hydroxylation is 2. The number of nitrogen functional groups attached to an aromatic ring is 1. The first-order valence-electron chi connectivity index (χ1n) is 4.39.